The van der Waals surface area contributed by atoms with Gasteiger partial charge in [0.05, 0.1) is 5.56 Å². The molecule has 1 aliphatic heterocycles. The summed E-state index contributed by atoms with van der Waals surface area (Å²) in [6.45, 7) is 0. The van der Waals surface area contributed by atoms with Gasteiger partial charge >= 0.3 is 6.36 Å². The van der Waals surface area contributed by atoms with Crippen LogP contribution in [0.5, 0.6) is 5.75 Å². The first-order valence-electron chi connectivity index (χ1n) is 6.41. The maximum atomic E-state index is 12.5. The molecule has 0 aromatic heterocycles. The van der Waals surface area contributed by atoms with Gasteiger partial charge in [-0.1, -0.05) is 12.1 Å². The van der Waals surface area contributed by atoms with Crippen LogP contribution in [0.25, 0.3) is 0 Å². The van der Waals surface area contributed by atoms with Crippen molar-refractivity contribution in [2.75, 3.05) is 0 Å². The second kappa shape index (κ2) is 4.94. The van der Waals surface area contributed by atoms with Crippen LogP contribution < -0.4 is 10.2 Å². The SMILES string of the molecule is O=CC1NN=C(c2ccccc2OC(F)(F)F)N1C1CC1. The minimum atomic E-state index is -4.78. The number of nitrogens with one attached hydrogen (secondary N) is 1. The lowest BCUT2D eigenvalue weighted by atomic mass is 10.1. The van der Waals surface area contributed by atoms with Crippen LogP contribution in [0.15, 0.2) is 29.4 Å². The number of para-hydroxylation sites is 1. The predicted molar refractivity (Wildman–Crippen MR) is 67.5 cm³/mol. The summed E-state index contributed by atoms with van der Waals surface area (Å²) in [5.41, 5.74) is 2.83. The summed E-state index contributed by atoms with van der Waals surface area (Å²) in [4.78, 5) is 12.8. The largest absolute Gasteiger partial charge is 0.573 e. The lowest BCUT2D eigenvalue weighted by Gasteiger charge is -2.24. The van der Waals surface area contributed by atoms with Gasteiger partial charge in [-0.25, -0.2) is 0 Å². The minimum absolute atomic E-state index is 0.118. The van der Waals surface area contributed by atoms with Gasteiger partial charge in [-0.05, 0) is 25.0 Å². The van der Waals surface area contributed by atoms with Crippen molar-refractivity contribution in [1.82, 2.24) is 10.3 Å². The summed E-state index contributed by atoms with van der Waals surface area (Å²) in [6, 6.07) is 5.88. The molecule has 1 N–H and O–H groups in total. The molecule has 3 rings (SSSR count). The number of nitrogens with zero attached hydrogens (tertiary/aromatic N) is 2. The molecule has 1 heterocycles. The normalized spacial score (nSPS) is 21.8. The average Bonchev–Trinajstić information content (AvgIpc) is 3.17. The van der Waals surface area contributed by atoms with Crippen LogP contribution in [-0.4, -0.2) is 35.6 Å². The van der Waals surface area contributed by atoms with Crippen LogP contribution >= 0.6 is 0 Å². The molecule has 8 heteroatoms. The van der Waals surface area contributed by atoms with Crippen molar-refractivity contribution in [3.63, 3.8) is 0 Å². The molecule has 1 atom stereocenters. The fourth-order valence-electron chi connectivity index (χ4n) is 2.29. The number of carbonyl (C=O) groups is 1. The summed E-state index contributed by atoms with van der Waals surface area (Å²) in [5.74, 6) is -0.0304. The Labute approximate surface area is 118 Å². The van der Waals surface area contributed by atoms with E-state index < -0.39 is 12.5 Å². The third-order valence-corrected chi connectivity index (χ3v) is 3.27. The standard InChI is InChI=1S/C13H12F3N3O2/c14-13(15,16)21-10-4-2-1-3-9(10)12-18-17-11(7-20)19(12)8-5-6-8/h1-4,7-8,11,17H,5-6H2. The van der Waals surface area contributed by atoms with Crippen molar-refractivity contribution in [2.45, 2.75) is 31.4 Å². The Kier molecular flexibility index (Phi) is 3.23. The number of hydrogen-bond donors (Lipinski definition) is 1. The Morgan fingerprint density at radius 2 is 2.05 bits per heavy atom. The Bertz CT molecular complexity index is 584. The Morgan fingerprint density at radius 1 is 1.33 bits per heavy atom. The van der Waals surface area contributed by atoms with Gasteiger partial charge < -0.3 is 9.64 Å². The summed E-state index contributed by atoms with van der Waals surface area (Å²) >= 11 is 0. The topological polar surface area (TPSA) is 53.9 Å². The number of aldehydes is 1. The molecule has 0 spiro atoms. The van der Waals surface area contributed by atoms with Gasteiger partial charge in [0.1, 0.15) is 5.75 Å². The number of rotatable bonds is 4. The van der Waals surface area contributed by atoms with Crippen LogP contribution in [0.1, 0.15) is 18.4 Å². The zero-order valence-electron chi connectivity index (χ0n) is 10.8. The first-order valence-corrected chi connectivity index (χ1v) is 6.41. The van der Waals surface area contributed by atoms with E-state index in [-0.39, 0.29) is 17.4 Å². The summed E-state index contributed by atoms with van der Waals surface area (Å²) in [7, 11) is 0. The van der Waals surface area contributed by atoms with Gasteiger partial charge in [0, 0.05) is 6.04 Å². The lowest BCUT2D eigenvalue weighted by Crippen LogP contribution is -2.43. The van der Waals surface area contributed by atoms with E-state index in [2.05, 4.69) is 15.3 Å². The van der Waals surface area contributed by atoms with Crippen molar-refractivity contribution in [3.8, 4) is 5.75 Å². The summed E-state index contributed by atoms with van der Waals surface area (Å²) < 4.78 is 41.5. The number of ether oxygens (including phenoxy) is 1. The third-order valence-electron chi connectivity index (χ3n) is 3.27. The first-order chi connectivity index (χ1) is 9.99. The van der Waals surface area contributed by atoms with Crippen LogP contribution in [-0.2, 0) is 4.79 Å². The Morgan fingerprint density at radius 3 is 2.67 bits per heavy atom. The molecule has 2 aliphatic rings. The first kappa shape index (κ1) is 13.7. The number of hydrogen-bond acceptors (Lipinski definition) is 5. The number of carbonyl (C=O) groups excluding carboxylic acids is 1. The monoisotopic (exact) mass is 299 g/mol. The molecule has 0 radical (unpaired) electrons. The van der Waals surface area contributed by atoms with Crippen LogP contribution in [0.4, 0.5) is 13.2 Å². The number of benzene rings is 1. The zero-order valence-corrected chi connectivity index (χ0v) is 10.8. The van der Waals surface area contributed by atoms with Gasteiger partial charge in [-0.3, -0.25) is 10.2 Å². The number of alkyl halides is 3. The molecule has 0 bridgehead atoms. The summed E-state index contributed by atoms with van der Waals surface area (Å²) in [5, 5.41) is 4.01. The van der Waals surface area contributed by atoms with E-state index in [1.165, 1.54) is 18.2 Å². The molecule has 1 saturated carbocycles. The fourth-order valence-corrected chi connectivity index (χ4v) is 2.29. The molecule has 1 unspecified atom stereocenters. The molecule has 1 aromatic carbocycles. The number of amidine groups is 1. The predicted octanol–water partition coefficient (Wildman–Crippen LogP) is 1.84. The average molecular weight is 299 g/mol. The van der Waals surface area contributed by atoms with E-state index in [1.807, 2.05) is 0 Å². The molecule has 5 nitrogen and oxygen atoms in total. The minimum Gasteiger partial charge on any atom is -0.405 e. The van der Waals surface area contributed by atoms with Crippen molar-refractivity contribution >= 4 is 12.1 Å². The smallest absolute Gasteiger partial charge is 0.405 e. The van der Waals surface area contributed by atoms with Crippen molar-refractivity contribution in [2.24, 2.45) is 5.10 Å². The van der Waals surface area contributed by atoms with Gasteiger partial charge in [0.15, 0.2) is 18.3 Å². The van der Waals surface area contributed by atoms with Gasteiger partial charge in [-0.15, -0.1) is 13.2 Å². The molecule has 1 aromatic rings. The number of halogens is 3. The highest BCUT2D eigenvalue weighted by Crippen LogP contribution is 2.34. The quantitative estimate of drug-likeness (QED) is 0.862. The van der Waals surface area contributed by atoms with E-state index in [0.717, 1.165) is 12.8 Å². The molecule has 0 amide bonds. The van der Waals surface area contributed by atoms with Crippen molar-refractivity contribution in [1.29, 1.82) is 0 Å². The highest BCUT2D eigenvalue weighted by Gasteiger charge is 2.41. The zero-order chi connectivity index (χ0) is 15.0. The molecular weight excluding hydrogens is 287 g/mol. The van der Waals surface area contributed by atoms with E-state index >= 15 is 0 Å². The molecule has 21 heavy (non-hydrogen) atoms. The van der Waals surface area contributed by atoms with E-state index in [4.69, 9.17) is 0 Å². The van der Waals surface area contributed by atoms with Crippen molar-refractivity contribution < 1.29 is 22.7 Å². The Balaban J connectivity index is 1.94. The molecule has 1 aliphatic carbocycles. The molecular formula is C13H12F3N3O2. The van der Waals surface area contributed by atoms with Gasteiger partial charge in [-0.2, -0.15) is 5.10 Å². The van der Waals surface area contributed by atoms with Gasteiger partial charge in [0.2, 0.25) is 0 Å². The van der Waals surface area contributed by atoms with E-state index in [0.29, 0.717) is 12.1 Å². The van der Waals surface area contributed by atoms with Crippen LogP contribution in [0, 0.1) is 0 Å². The maximum Gasteiger partial charge on any atom is 0.573 e. The van der Waals surface area contributed by atoms with Crippen LogP contribution in [0.3, 0.4) is 0 Å². The van der Waals surface area contributed by atoms with Crippen LogP contribution in [0.2, 0.25) is 0 Å². The van der Waals surface area contributed by atoms with Gasteiger partial charge in [0.25, 0.3) is 0 Å². The van der Waals surface area contributed by atoms with Crippen molar-refractivity contribution in [3.05, 3.63) is 29.8 Å². The fraction of sp³-hybridized carbons (Fsp3) is 0.385. The second-order valence-corrected chi connectivity index (χ2v) is 4.83. The molecule has 0 saturated heterocycles. The molecule has 1 fully saturated rings. The highest BCUT2D eigenvalue weighted by molar-refractivity contribution is 6.03. The summed E-state index contributed by atoms with van der Waals surface area (Å²) in [6.07, 6.45) is -2.98. The van der Waals surface area contributed by atoms with E-state index in [9.17, 15) is 18.0 Å². The third kappa shape index (κ3) is 2.79. The highest BCUT2D eigenvalue weighted by atomic mass is 19.4. The molecule has 112 valence electrons. The number of hydrazone groups is 1. The maximum absolute atomic E-state index is 12.5. The lowest BCUT2D eigenvalue weighted by molar-refractivity contribution is -0.274. The van der Waals surface area contributed by atoms with E-state index in [1.54, 1.807) is 11.0 Å². The second-order valence-electron chi connectivity index (χ2n) is 4.83. The Hall–Kier alpha value is -2.25.